The molecule has 1 N–H and O–H groups in total. The summed E-state index contributed by atoms with van der Waals surface area (Å²) < 4.78 is 5.56. The maximum Gasteiger partial charge on any atom is 0.217 e. The smallest absolute Gasteiger partial charge is 0.217 e. The average Bonchev–Trinajstić information content (AvgIpc) is 2.65. The molecule has 4 heteroatoms. The summed E-state index contributed by atoms with van der Waals surface area (Å²) in [6.45, 7) is 6.17. The molecule has 1 atom stereocenters. The lowest BCUT2D eigenvalue weighted by atomic mass is 10.0. The minimum Gasteiger partial charge on any atom is -0.494 e. The first-order valence-electron chi connectivity index (χ1n) is 9.06. The van der Waals surface area contributed by atoms with Gasteiger partial charge in [0.2, 0.25) is 5.91 Å². The van der Waals surface area contributed by atoms with Crippen molar-refractivity contribution in [2.24, 2.45) is 0 Å². The maximum absolute atomic E-state index is 11.1. The minimum absolute atomic E-state index is 0.0237. The van der Waals surface area contributed by atoms with Crippen LogP contribution in [0.25, 0.3) is 0 Å². The van der Waals surface area contributed by atoms with Gasteiger partial charge in [-0.3, -0.25) is 4.79 Å². The molecule has 0 aliphatic carbocycles. The van der Waals surface area contributed by atoms with E-state index in [-0.39, 0.29) is 11.9 Å². The first-order valence-corrected chi connectivity index (χ1v) is 9.06. The van der Waals surface area contributed by atoms with E-state index >= 15 is 0 Å². The lowest BCUT2D eigenvalue weighted by Gasteiger charge is -2.12. The standard InChI is InChI=1S/C23H24N2O2/c1-4-13-27-23-12-11-21(22(15-23)16-24)10-9-19-5-7-20(8-6-19)14-17(2)25-18(3)26/h5-8,11-12,15,17H,4,13-14H2,1-3H3,(H,25,26). The second kappa shape index (κ2) is 10.0. The number of amides is 1. The lowest BCUT2D eigenvalue weighted by molar-refractivity contribution is -0.119. The van der Waals surface area contributed by atoms with E-state index in [0.29, 0.717) is 23.5 Å². The van der Waals surface area contributed by atoms with Crippen molar-refractivity contribution in [3.63, 3.8) is 0 Å². The molecule has 1 unspecified atom stereocenters. The van der Waals surface area contributed by atoms with E-state index in [2.05, 4.69) is 23.2 Å². The quantitative estimate of drug-likeness (QED) is 0.797. The van der Waals surface area contributed by atoms with Gasteiger partial charge in [-0.05, 0) is 55.7 Å². The number of benzene rings is 2. The van der Waals surface area contributed by atoms with Crippen LogP contribution < -0.4 is 10.1 Å². The molecule has 0 aromatic heterocycles. The zero-order valence-corrected chi connectivity index (χ0v) is 16.0. The van der Waals surface area contributed by atoms with E-state index in [4.69, 9.17) is 4.74 Å². The van der Waals surface area contributed by atoms with Crippen LogP contribution in [0.5, 0.6) is 5.75 Å². The SMILES string of the molecule is CCCOc1ccc(C#Cc2ccc(CC(C)NC(C)=O)cc2)c(C#N)c1. The van der Waals surface area contributed by atoms with Crippen molar-refractivity contribution in [2.45, 2.75) is 39.7 Å². The van der Waals surface area contributed by atoms with Crippen LogP contribution in [0.4, 0.5) is 0 Å². The molecule has 0 aliphatic heterocycles. The predicted octanol–water partition coefficient (Wildman–Crippen LogP) is 3.81. The van der Waals surface area contributed by atoms with Gasteiger partial charge in [0, 0.05) is 24.1 Å². The number of nitrogens with one attached hydrogen (secondary N) is 1. The van der Waals surface area contributed by atoms with Gasteiger partial charge in [0.15, 0.2) is 0 Å². The van der Waals surface area contributed by atoms with E-state index in [1.54, 1.807) is 6.07 Å². The summed E-state index contributed by atoms with van der Waals surface area (Å²) in [6.07, 6.45) is 1.69. The maximum atomic E-state index is 11.1. The Labute approximate surface area is 161 Å². The number of carbonyl (C=O) groups is 1. The molecule has 0 saturated carbocycles. The highest BCUT2D eigenvalue weighted by molar-refractivity contribution is 5.73. The van der Waals surface area contributed by atoms with Crippen LogP contribution in [0, 0.1) is 23.2 Å². The third-order valence-corrected chi connectivity index (χ3v) is 3.87. The lowest BCUT2D eigenvalue weighted by Crippen LogP contribution is -2.31. The van der Waals surface area contributed by atoms with E-state index in [1.165, 1.54) is 6.92 Å². The van der Waals surface area contributed by atoms with Crippen molar-refractivity contribution in [1.29, 1.82) is 5.26 Å². The van der Waals surface area contributed by atoms with E-state index in [9.17, 15) is 10.1 Å². The van der Waals surface area contributed by atoms with Crippen LogP contribution in [0.1, 0.15) is 49.4 Å². The third kappa shape index (κ3) is 6.53. The molecule has 1 amide bonds. The van der Waals surface area contributed by atoms with Gasteiger partial charge in [-0.1, -0.05) is 30.9 Å². The van der Waals surface area contributed by atoms with Gasteiger partial charge in [-0.2, -0.15) is 5.26 Å². The largest absolute Gasteiger partial charge is 0.494 e. The van der Waals surface area contributed by atoms with Crippen LogP contribution in [0.2, 0.25) is 0 Å². The van der Waals surface area contributed by atoms with Gasteiger partial charge < -0.3 is 10.1 Å². The summed E-state index contributed by atoms with van der Waals surface area (Å²) in [7, 11) is 0. The number of nitriles is 1. The topological polar surface area (TPSA) is 62.1 Å². The van der Waals surface area contributed by atoms with Gasteiger partial charge in [-0.25, -0.2) is 0 Å². The molecule has 2 aromatic carbocycles. The van der Waals surface area contributed by atoms with Crippen LogP contribution in [0.3, 0.4) is 0 Å². The number of rotatable bonds is 6. The molecule has 0 radical (unpaired) electrons. The first-order chi connectivity index (χ1) is 13.0. The molecule has 0 spiro atoms. The van der Waals surface area contributed by atoms with Gasteiger partial charge in [0.1, 0.15) is 11.8 Å². The molecule has 2 aromatic rings. The van der Waals surface area contributed by atoms with Crippen molar-refractivity contribution < 1.29 is 9.53 Å². The van der Waals surface area contributed by atoms with Crippen LogP contribution in [0.15, 0.2) is 42.5 Å². The Balaban J connectivity index is 2.09. The Morgan fingerprint density at radius 3 is 2.52 bits per heavy atom. The zero-order chi connectivity index (χ0) is 19.6. The summed E-state index contributed by atoms with van der Waals surface area (Å²) in [5, 5.41) is 12.2. The normalized spacial score (nSPS) is 10.9. The molecule has 0 aliphatic rings. The molecule has 138 valence electrons. The predicted molar refractivity (Wildman–Crippen MR) is 106 cm³/mol. The van der Waals surface area contributed by atoms with E-state index < -0.39 is 0 Å². The summed E-state index contributed by atoms with van der Waals surface area (Å²) in [4.78, 5) is 11.1. The summed E-state index contributed by atoms with van der Waals surface area (Å²) in [6, 6.07) is 15.6. The zero-order valence-electron chi connectivity index (χ0n) is 16.0. The molecular weight excluding hydrogens is 336 g/mol. The highest BCUT2D eigenvalue weighted by atomic mass is 16.5. The summed E-state index contributed by atoms with van der Waals surface area (Å²) in [5.41, 5.74) is 3.21. The average molecular weight is 360 g/mol. The van der Waals surface area contributed by atoms with Crippen molar-refractivity contribution >= 4 is 5.91 Å². The van der Waals surface area contributed by atoms with Gasteiger partial charge in [0.25, 0.3) is 0 Å². The van der Waals surface area contributed by atoms with Crippen LogP contribution in [-0.4, -0.2) is 18.6 Å². The molecule has 2 rings (SSSR count). The minimum atomic E-state index is -0.0237. The monoisotopic (exact) mass is 360 g/mol. The Bertz CT molecular complexity index is 883. The Kier molecular flexibility index (Phi) is 7.47. The van der Waals surface area contributed by atoms with E-state index in [1.807, 2.05) is 50.2 Å². The fraction of sp³-hybridized carbons (Fsp3) is 0.304. The third-order valence-electron chi connectivity index (χ3n) is 3.87. The molecular formula is C23H24N2O2. The summed E-state index contributed by atoms with van der Waals surface area (Å²) >= 11 is 0. The molecule has 0 bridgehead atoms. The van der Waals surface area contributed by atoms with Gasteiger partial charge >= 0.3 is 0 Å². The van der Waals surface area contributed by atoms with Crippen LogP contribution >= 0.6 is 0 Å². The molecule has 27 heavy (non-hydrogen) atoms. The van der Waals surface area contributed by atoms with E-state index in [0.717, 1.165) is 24.0 Å². The second-order valence-electron chi connectivity index (χ2n) is 6.42. The van der Waals surface area contributed by atoms with Gasteiger partial charge in [-0.15, -0.1) is 0 Å². The van der Waals surface area contributed by atoms with Crippen molar-refractivity contribution in [2.75, 3.05) is 6.61 Å². The van der Waals surface area contributed by atoms with Crippen molar-refractivity contribution in [3.8, 4) is 23.7 Å². The highest BCUT2D eigenvalue weighted by Crippen LogP contribution is 2.17. The molecule has 4 nitrogen and oxygen atoms in total. The Morgan fingerprint density at radius 1 is 1.15 bits per heavy atom. The van der Waals surface area contributed by atoms with Gasteiger partial charge in [0.05, 0.1) is 12.2 Å². The second-order valence-corrected chi connectivity index (χ2v) is 6.42. The Hall–Kier alpha value is -3.24. The first kappa shape index (κ1) is 20.1. The number of hydrogen-bond donors (Lipinski definition) is 1. The highest BCUT2D eigenvalue weighted by Gasteiger charge is 2.05. The number of nitrogens with zero attached hydrogens (tertiary/aromatic N) is 1. The number of hydrogen-bond acceptors (Lipinski definition) is 3. The number of carbonyl (C=O) groups excluding carboxylic acids is 1. The van der Waals surface area contributed by atoms with Crippen molar-refractivity contribution in [1.82, 2.24) is 5.32 Å². The summed E-state index contributed by atoms with van der Waals surface area (Å²) in [5.74, 6) is 6.83. The van der Waals surface area contributed by atoms with Crippen molar-refractivity contribution in [3.05, 3.63) is 64.7 Å². The Morgan fingerprint density at radius 2 is 1.89 bits per heavy atom. The van der Waals surface area contributed by atoms with Crippen LogP contribution in [-0.2, 0) is 11.2 Å². The molecule has 0 saturated heterocycles. The molecule has 0 fully saturated rings. The fourth-order valence-corrected chi connectivity index (χ4v) is 2.65. The number of ether oxygens (including phenoxy) is 1. The fourth-order valence-electron chi connectivity index (χ4n) is 2.65. The molecule has 0 heterocycles.